The van der Waals surface area contributed by atoms with E-state index in [0.717, 1.165) is 55.9 Å². The van der Waals surface area contributed by atoms with Crippen molar-refractivity contribution in [3.63, 3.8) is 0 Å². The van der Waals surface area contributed by atoms with Gasteiger partial charge in [0.05, 0.1) is 29.8 Å². The predicted octanol–water partition coefficient (Wildman–Crippen LogP) is 7.14. The summed E-state index contributed by atoms with van der Waals surface area (Å²) in [4.78, 5) is 11.2. The Balaban J connectivity index is 1.28. The molecule has 1 N–H and O–H groups in total. The van der Waals surface area contributed by atoms with Crippen LogP contribution in [0.4, 0.5) is 15.9 Å². The Bertz CT molecular complexity index is 1800. The molecule has 0 saturated heterocycles. The van der Waals surface area contributed by atoms with Crippen molar-refractivity contribution in [3.05, 3.63) is 102 Å². The van der Waals surface area contributed by atoms with E-state index in [0.29, 0.717) is 12.4 Å². The van der Waals surface area contributed by atoms with E-state index in [1.807, 2.05) is 53.3 Å². The molecule has 6 aromatic rings. The van der Waals surface area contributed by atoms with Gasteiger partial charge in [-0.2, -0.15) is 16.9 Å². The number of fused-ring (bicyclic) bond motifs is 2. The summed E-state index contributed by atoms with van der Waals surface area (Å²) < 4.78 is 21.8. The number of furan rings is 1. The van der Waals surface area contributed by atoms with Crippen molar-refractivity contribution in [2.24, 2.45) is 0 Å². The summed E-state index contributed by atoms with van der Waals surface area (Å²) in [6, 6.07) is 23.0. The van der Waals surface area contributed by atoms with Gasteiger partial charge in [0, 0.05) is 27.8 Å². The molecule has 0 aliphatic carbocycles. The molecule has 0 fully saturated rings. The third-order valence-corrected chi connectivity index (χ3v) is 7.60. The second kappa shape index (κ2) is 11.1. The van der Waals surface area contributed by atoms with Gasteiger partial charge in [-0.3, -0.25) is 9.58 Å². The van der Waals surface area contributed by atoms with Crippen molar-refractivity contribution < 1.29 is 8.81 Å². The quantitative estimate of drug-likeness (QED) is 0.204. The zero-order valence-corrected chi connectivity index (χ0v) is 23.3. The molecule has 0 spiro atoms. The van der Waals surface area contributed by atoms with E-state index in [-0.39, 0.29) is 11.9 Å². The van der Waals surface area contributed by atoms with Gasteiger partial charge in [0.25, 0.3) is 0 Å². The molecule has 7 nitrogen and oxygen atoms in total. The molecule has 9 heteroatoms. The summed E-state index contributed by atoms with van der Waals surface area (Å²) in [5.74, 6) is 3.17. The maximum atomic E-state index is 13.6. The van der Waals surface area contributed by atoms with Crippen LogP contribution in [0.25, 0.3) is 33.1 Å². The smallest absolute Gasteiger partial charge is 0.141 e. The normalized spacial score (nSPS) is 12.4. The van der Waals surface area contributed by atoms with E-state index in [1.54, 1.807) is 24.2 Å². The molecule has 3 heterocycles. The van der Waals surface area contributed by atoms with Gasteiger partial charge in [-0.25, -0.2) is 14.4 Å². The third kappa shape index (κ3) is 5.30. The highest BCUT2D eigenvalue weighted by atomic mass is 32.2. The monoisotopic (exact) mass is 552 g/mol. The van der Waals surface area contributed by atoms with E-state index < -0.39 is 0 Å². The summed E-state index contributed by atoms with van der Waals surface area (Å²) >= 11 is 1.80. The number of aromatic nitrogens is 4. The van der Waals surface area contributed by atoms with Crippen molar-refractivity contribution in [2.75, 3.05) is 31.4 Å². The van der Waals surface area contributed by atoms with Crippen LogP contribution in [-0.4, -0.2) is 50.8 Å². The number of halogens is 1. The highest BCUT2D eigenvalue weighted by molar-refractivity contribution is 7.98. The molecule has 3 aromatic heterocycles. The van der Waals surface area contributed by atoms with E-state index in [4.69, 9.17) is 4.42 Å². The molecule has 0 bridgehead atoms. The molecule has 40 heavy (non-hydrogen) atoms. The number of hydrogen-bond acceptors (Lipinski definition) is 7. The Hall–Kier alpha value is -4.21. The van der Waals surface area contributed by atoms with E-state index in [9.17, 15) is 4.39 Å². The first kappa shape index (κ1) is 26.0. The van der Waals surface area contributed by atoms with Crippen LogP contribution < -0.4 is 5.32 Å². The zero-order valence-electron chi connectivity index (χ0n) is 22.5. The van der Waals surface area contributed by atoms with Crippen LogP contribution in [0.15, 0.2) is 89.7 Å². The van der Waals surface area contributed by atoms with Crippen LogP contribution in [0, 0.1) is 5.82 Å². The van der Waals surface area contributed by atoms with Gasteiger partial charge in [-0.15, -0.1) is 0 Å². The fourth-order valence-electron chi connectivity index (χ4n) is 4.88. The highest BCUT2D eigenvalue weighted by Gasteiger charge is 2.18. The maximum Gasteiger partial charge on any atom is 0.141 e. The second-order valence-corrected chi connectivity index (χ2v) is 10.8. The fraction of sp³-hybridized carbons (Fsp3) is 0.194. The van der Waals surface area contributed by atoms with Gasteiger partial charge < -0.3 is 9.73 Å². The largest absolute Gasteiger partial charge is 0.459 e. The minimum absolute atomic E-state index is 0.206. The van der Waals surface area contributed by atoms with Gasteiger partial charge in [-0.05, 0) is 86.6 Å². The molecule has 3 aromatic carbocycles. The second-order valence-electron chi connectivity index (χ2n) is 9.92. The van der Waals surface area contributed by atoms with Gasteiger partial charge >= 0.3 is 0 Å². The first-order chi connectivity index (χ1) is 19.5. The summed E-state index contributed by atoms with van der Waals surface area (Å²) in [7, 11) is 4.14. The lowest BCUT2D eigenvalue weighted by molar-refractivity contribution is 0.284. The SMILES string of the molecule is CSCC(c1ccc(-c2ccc3ncnc(Nc4ccc5c(cnn5Cc5cccc(F)c5)c4)c3c2)o1)N(C)C. The van der Waals surface area contributed by atoms with E-state index >= 15 is 0 Å². The molecule has 1 unspecified atom stereocenters. The predicted molar refractivity (Wildman–Crippen MR) is 161 cm³/mol. The molecule has 6 rings (SSSR count). The van der Waals surface area contributed by atoms with Gasteiger partial charge in [0.2, 0.25) is 0 Å². The zero-order chi connectivity index (χ0) is 27.6. The topological polar surface area (TPSA) is 72.0 Å². The first-order valence-electron chi connectivity index (χ1n) is 13.0. The molecule has 0 saturated carbocycles. The minimum atomic E-state index is -0.249. The van der Waals surface area contributed by atoms with Crippen LogP contribution in [0.5, 0.6) is 0 Å². The molecule has 0 aliphatic heterocycles. The van der Waals surface area contributed by atoms with Gasteiger partial charge in [0.15, 0.2) is 0 Å². The molecule has 1 atom stereocenters. The highest BCUT2D eigenvalue weighted by Crippen LogP contribution is 2.33. The summed E-state index contributed by atoms with van der Waals surface area (Å²) in [5, 5.41) is 9.86. The molecular weight excluding hydrogens is 523 g/mol. The maximum absolute atomic E-state index is 13.6. The minimum Gasteiger partial charge on any atom is -0.459 e. The van der Waals surface area contributed by atoms with Crippen molar-refractivity contribution in [1.82, 2.24) is 24.6 Å². The number of anilines is 2. The summed E-state index contributed by atoms with van der Waals surface area (Å²) in [5.41, 5.74) is 4.52. The van der Waals surface area contributed by atoms with Crippen molar-refractivity contribution >= 4 is 45.1 Å². The Morgan fingerprint density at radius 3 is 2.75 bits per heavy atom. The average Bonchev–Trinajstić information content (AvgIpc) is 3.59. The standard InChI is InChI=1S/C31H29FN6OS/c1-37(2)28(18-40-3)30-12-11-29(39-30)21-7-9-26-25(15-21)31(34-19-33-26)36-24-8-10-27-22(14-24)16-35-38(27)17-20-5-4-6-23(32)13-20/h4-16,19,28H,17-18H2,1-3H3,(H,33,34,36). The average molecular weight is 553 g/mol. The number of nitrogens with zero attached hydrogens (tertiary/aromatic N) is 5. The number of benzene rings is 3. The summed E-state index contributed by atoms with van der Waals surface area (Å²) in [6.45, 7) is 0.494. The Labute approximate surface area is 236 Å². The molecular formula is C31H29FN6OS. The lowest BCUT2D eigenvalue weighted by Gasteiger charge is -2.21. The Morgan fingerprint density at radius 2 is 1.93 bits per heavy atom. The third-order valence-electron chi connectivity index (χ3n) is 6.95. The van der Waals surface area contributed by atoms with Crippen LogP contribution in [0.1, 0.15) is 17.4 Å². The van der Waals surface area contributed by atoms with E-state index in [2.05, 4.69) is 57.8 Å². The number of nitrogens with one attached hydrogen (secondary N) is 1. The lowest BCUT2D eigenvalue weighted by Crippen LogP contribution is -2.21. The van der Waals surface area contributed by atoms with Crippen molar-refractivity contribution in [2.45, 2.75) is 12.6 Å². The molecule has 0 amide bonds. The lowest BCUT2D eigenvalue weighted by atomic mass is 10.1. The van der Waals surface area contributed by atoms with Gasteiger partial charge in [0.1, 0.15) is 29.5 Å². The van der Waals surface area contributed by atoms with Crippen LogP contribution in [-0.2, 0) is 6.54 Å². The van der Waals surface area contributed by atoms with Crippen molar-refractivity contribution in [3.8, 4) is 11.3 Å². The Morgan fingerprint density at radius 1 is 1.02 bits per heavy atom. The Kier molecular flexibility index (Phi) is 7.23. The number of thioether (sulfide) groups is 1. The first-order valence-corrected chi connectivity index (χ1v) is 14.3. The van der Waals surface area contributed by atoms with Crippen LogP contribution >= 0.6 is 11.8 Å². The molecule has 202 valence electrons. The van der Waals surface area contributed by atoms with E-state index in [1.165, 1.54) is 12.1 Å². The van der Waals surface area contributed by atoms with Crippen molar-refractivity contribution in [1.29, 1.82) is 0 Å². The number of rotatable bonds is 9. The van der Waals surface area contributed by atoms with Crippen LogP contribution in [0.3, 0.4) is 0 Å². The molecule has 0 aliphatic rings. The van der Waals surface area contributed by atoms with Gasteiger partial charge in [-0.1, -0.05) is 12.1 Å². The molecule has 0 radical (unpaired) electrons. The summed E-state index contributed by atoms with van der Waals surface area (Å²) in [6.07, 6.45) is 5.49. The van der Waals surface area contributed by atoms with Crippen LogP contribution in [0.2, 0.25) is 0 Å². The number of hydrogen-bond donors (Lipinski definition) is 1. The fourth-order valence-corrected chi connectivity index (χ4v) is 5.65.